The number of hydrogen-bond acceptors (Lipinski definition) is 3. The molecule has 1 aromatic rings. The van der Waals surface area contributed by atoms with Gasteiger partial charge in [0.2, 0.25) is 5.91 Å². The maximum absolute atomic E-state index is 12.3. The lowest BCUT2D eigenvalue weighted by Crippen LogP contribution is -2.45. The minimum atomic E-state index is -1.37. The predicted molar refractivity (Wildman–Crippen MR) is 82.1 cm³/mol. The fraction of sp³-hybridized carbons (Fsp3) is 0.467. The van der Waals surface area contributed by atoms with Crippen molar-refractivity contribution in [3.8, 4) is 0 Å². The first-order valence-electron chi connectivity index (χ1n) is 6.77. The molecule has 0 spiro atoms. The Bertz CT molecular complexity index is 539. The molecule has 1 amide bonds. The topological polar surface area (TPSA) is 52.9 Å². The number of rotatable bonds is 3. The van der Waals surface area contributed by atoms with Gasteiger partial charge in [0.25, 0.3) is 0 Å². The largest absolute Gasteiger partial charge is 0.365 e. The monoisotopic (exact) mass is 338 g/mol. The number of halogens is 1. The molecule has 1 aliphatic rings. The predicted octanol–water partition coefficient (Wildman–Crippen LogP) is 3.25. The number of hydrogen-bond donors (Lipinski definition) is 1. The molecule has 1 atom stereocenters. The van der Waals surface area contributed by atoms with Crippen LogP contribution in [0.1, 0.15) is 39.2 Å². The Morgan fingerprint density at radius 3 is 2.55 bits per heavy atom. The van der Waals surface area contributed by atoms with E-state index < -0.39 is 5.72 Å². The van der Waals surface area contributed by atoms with Gasteiger partial charge in [-0.15, -0.1) is 0 Å². The van der Waals surface area contributed by atoms with Gasteiger partial charge in [0.1, 0.15) is 0 Å². The molecule has 4 nitrogen and oxygen atoms in total. The molecule has 0 saturated carbocycles. The number of amides is 1. The van der Waals surface area contributed by atoms with Gasteiger partial charge < -0.3 is 5.11 Å². The maximum atomic E-state index is 12.3. The van der Waals surface area contributed by atoms with Crippen molar-refractivity contribution in [1.29, 1.82) is 0 Å². The van der Waals surface area contributed by atoms with Crippen LogP contribution in [0.5, 0.6) is 0 Å². The van der Waals surface area contributed by atoms with Gasteiger partial charge in [-0.3, -0.25) is 4.79 Å². The average molecular weight is 339 g/mol. The van der Waals surface area contributed by atoms with Crippen LogP contribution >= 0.6 is 15.9 Å². The van der Waals surface area contributed by atoms with E-state index in [0.29, 0.717) is 12.0 Å². The van der Waals surface area contributed by atoms with E-state index in [0.717, 1.165) is 16.6 Å². The van der Waals surface area contributed by atoms with Crippen LogP contribution in [0.2, 0.25) is 0 Å². The molecule has 1 aliphatic heterocycles. The quantitative estimate of drug-likeness (QED) is 0.919. The number of carbonyl (C=O) groups excluding carboxylic acids is 1. The molecule has 1 heterocycles. The van der Waals surface area contributed by atoms with Gasteiger partial charge in [-0.1, -0.05) is 48.8 Å². The molecule has 20 heavy (non-hydrogen) atoms. The molecule has 0 aromatic heterocycles. The Labute approximate surface area is 127 Å². The number of carbonyl (C=O) groups is 1. The van der Waals surface area contributed by atoms with Crippen LogP contribution in [0.15, 0.2) is 33.8 Å². The molecule has 0 fully saturated rings. The molecule has 5 heteroatoms. The summed E-state index contributed by atoms with van der Waals surface area (Å²) < 4.78 is 0.932. The highest BCUT2D eigenvalue weighted by molar-refractivity contribution is 9.10. The summed E-state index contributed by atoms with van der Waals surface area (Å²) in [6, 6.07) is 7.35. The van der Waals surface area contributed by atoms with E-state index in [2.05, 4.69) is 21.0 Å². The molecule has 0 aliphatic carbocycles. The lowest BCUT2D eigenvalue weighted by molar-refractivity contribution is -0.161. The lowest BCUT2D eigenvalue weighted by atomic mass is 9.96. The van der Waals surface area contributed by atoms with E-state index in [4.69, 9.17) is 0 Å². The van der Waals surface area contributed by atoms with Crippen molar-refractivity contribution in [2.24, 2.45) is 11.0 Å². The molecule has 2 rings (SSSR count). The van der Waals surface area contributed by atoms with Crippen LogP contribution in [0.25, 0.3) is 0 Å². The zero-order chi connectivity index (χ0) is 14.9. The van der Waals surface area contributed by atoms with Crippen molar-refractivity contribution in [3.05, 3.63) is 34.3 Å². The zero-order valence-corrected chi connectivity index (χ0v) is 13.5. The molecule has 108 valence electrons. The van der Waals surface area contributed by atoms with E-state index in [1.54, 1.807) is 0 Å². The average Bonchev–Trinajstić information content (AvgIpc) is 2.77. The van der Waals surface area contributed by atoms with Gasteiger partial charge in [-0.2, -0.15) is 10.1 Å². The fourth-order valence-corrected chi connectivity index (χ4v) is 2.50. The van der Waals surface area contributed by atoms with Crippen molar-refractivity contribution in [2.75, 3.05) is 0 Å². The lowest BCUT2D eigenvalue weighted by Gasteiger charge is -2.32. The third kappa shape index (κ3) is 2.65. The molecule has 0 saturated heterocycles. The summed E-state index contributed by atoms with van der Waals surface area (Å²) in [6.07, 6.45) is 1.09. The fourth-order valence-electron chi connectivity index (χ4n) is 2.23. The highest BCUT2D eigenvalue weighted by atomic mass is 79.9. The van der Waals surface area contributed by atoms with Crippen LogP contribution in [-0.2, 0) is 10.5 Å². The summed E-state index contributed by atoms with van der Waals surface area (Å²) in [7, 11) is 0. The molecule has 0 radical (unpaired) electrons. The molecule has 1 N–H and O–H groups in total. The van der Waals surface area contributed by atoms with Crippen molar-refractivity contribution in [1.82, 2.24) is 5.01 Å². The van der Waals surface area contributed by atoms with Crippen molar-refractivity contribution in [3.63, 3.8) is 0 Å². The van der Waals surface area contributed by atoms with Gasteiger partial charge >= 0.3 is 0 Å². The third-order valence-electron chi connectivity index (χ3n) is 3.46. The number of benzene rings is 1. The summed E-state index contributed by atoms with van der Waals surface area (Å²) in [5, 5.41) is 16.6. The molecular weight excluding hydrogens is 320 g/mol. The second kappa shape index (κ2) is 5.66. The smallest absolute Gasteiger partial charge is 0.248 e. The Morgan fingerprint density at radius 2 is 2.05 bits per heavy atom. The third-order valence-corrected chi connectivity index (χ3v) is 3.99. The molecule has 1 unspecified atom stereocenters. The van der Waals surface area contributed by atoms with E-state index in [1.807, 2.05) is 45.0 Å². The summed E-state index contributed by atoms with van der Waals surface area (Å²) >= 11 is 3.37. The molecule has 0 bridgehead atoms. The second-order valence-corrected chi connectivity index (χ2v) is 6.24. The number of hydrazone groups is 1. The Kier molecular flexibility index (Phi) is 4.30. The summed E-state index contributed by atoms with van der Waals surface area (Å²) in [5.41, 5.74) is 0.152. The first kappa shape index (κ1) is 15.2. The first-order chi connectivity index (χ1) is 9.38. The van der Waals surface area contributed by atoms with Gasteiger partial charge in [-0.25, -0.2) is 0 Å². The molecule has 1 aromatic carbocycles. The maximum Gasteiger partial charge on any atom is 0.248 e. The summed E-state index contributed by atoms with van der Waals surface area (Å²) in [5.74, 6) is -0.379. The van der Waals surface area contributed by atoms with E-state index in [1.165, 1.54) is 5.01 Å². The van der Waals surface area contributed by atoms with Gasteiger partial charge in [0, 0.05) is 28.1 Å². The minimum absolute atomic E-state index is 0.168. The number of nitrogens with zero attached hydrogens (tertiary/aromatic N) is 2. The van der Waals surface area contributed by atoms with Crippen LogP contribution in [0, 0.1) is 5.92 Å². The van der Waals surface area contributed by atoms with Crippen LogP contribution in [0.3, 0.4) is 0 Å². The van der Waals surface area contributed by atoms with Gasteiger partial charge in [0.05, 0.1) is 0 Å². The Hall–Kier alpha value is -1.20. The van der Waals surface area contributed by atoms with E-state index >= 15 is 0 Å². The molecular formula is C15H19BrN2O2. The van der Waals surface area contributed by atoms with Crippen LogP contribution < -0.4 is 0 Å². The van der Waals surface area contributed by atoms with Crippen LogP contribution in [-0.4, -0.2) is 21.7 Å². The SMILES string of the molecule is CCC1=NN(C(=O)C(C)C)C(O)(c2ccc(Br)cc2)C1. The summed E-state index contributed by atoms with van der Waals surface area (Å²) in [6.45, 7) is 5.60. The van der Waals surface area contributed by atoms with Crippen molar-refractivity contribution < 1.29 is 9.90 Å². The van der Waals surface area contributed by atoms with Crippen molar-refractivity contribution in [2.45, 2.75) is 39.3 Å². The minimum Gasteiger partial charge on any atom is -0.365 e. The van der Waals surface area contributed by atoms with Gasteiger partial charge in [-0.05, 0) is 18.6 Å². The first-order valence-corrected chi connectivity index (χ1v) is 7.56. The Balaban J connectivity index is 2.42. The highest BCUT2D eigenvalue weighted by Crippen LogP contribution is 2.37. The zero-order valence-electron chi connectivity index (χ0n) is 11.9. The standard InChI is InChI=1S/C15H19BrN2O2/c1-4-13-9-15(20,11-5-7-12(16)8-6-11)18(17-13)14(19)10(2)3/h5-8,10,20H,4,9H2,1-3H3. The Morgan fingerprint density at radius 1 is 1.45 bits per heavy atom. The normalized spacial score (nSPS) is 22.3. The highest BCUT2D eigenvalue weighted by Gasteiger charge is 2.45. The number of aliphatic hydroxyl groups is 1. The van der Waals surface area contributed by atoms with E-state index in [9.17, 15) is 9.90 Å². The van der Waals surface area contributed by atoms with E-state index in [-0.39, 0.29) is 11.8 Å². The van der Waals surface area contributed by atoms with Crippen molar-refractivity contribution >= 4 is 27.5 Å². The summed E-state index contributed by atoms with van der Waals surface area (Å²) in [4.78, 5) is 12.3. The van der Waals surface area contributed by atoms with Crippen LogP contribution in [0.4, 0.5) is 0 Å². The second-order valence-electron chi connectivity index (χ2n) is 5.32. The van der Waals surface area contributed by atoms with Gasteiger partial charge in [0.15, 0.2) is 5.72 Å².